The summed E-state index contributed by atoms with van der Waals surface area (Å²) >= 11 is 6.76. The molecule has 1 fully saturated rings. The van der Waals surface area contributed by atoms with E-state index in [9.17, 15) is 0 Å². The highest BCUT2D eigenvalue weighted by Gasteiger charge is 2.13. The van der Waals surface area contributed by atoms with E-state index in [-0.39, 0.29) is 12.9 Å². The van der Waals surface area contributed by atoms with E-state index in [1.807, 2.05) is 24.3 Å². The van der Waals surface area contributed by atoms with Crippen LogP contribution in [0.2, 0.25) is 0 Å². The minimum Gasteiger partial charge on any atom is -0.396 e. The zero-order valence-corrected chi connectivity index (χ0v) is 18.0. The number of benzene rings is 2. The summed E-state index contributed by atoms with van der Waals surface area (Å²) < 4.78 is 13.4. The Morgan fingerprint density at radius 1 is 0.885 bits per heavy atom. The fourth-order valence-electron chi connectivity index (χ4n) is 2.58. The van der Waals surface area contributed by atoms with E-state index in [0.717, 1.165) is 41.4 Å². The normalized spacial score (nSPS) is 16.7. The Balaban J connectivity index is 0.000000209. The molecule has 0 aliphatic carbocycles. The van der Waals surface area contributed by atoms with Gasteiger partial charge < -0.3 is 14.6 Å². The van der Waals surface area contributed by atoms with Crippen LogP contribution < -0.4 is 0 Å². The van der Waals surface area contributed by atoms with Gasteiger partial charge in [0.05, 0.1) is 6.61 Å². The van der Waals surface area contributed by atoms with E-state index in [0.29, 0.717) is 0 Å². The van der Waals surface area contributed by atoms with Gasteiger partial charge in [-0.15, -0.1) is 0 Å². The second kappa shape index (κ2) is 12.6. The molecule has 1 N–H and O–H groups in total. The van der Waals surface area contributed by atoms with Gasteiger partial charge in [-0.25, -0.2) is 0 Å². The Morgan fingerprint density at radius 2 is 1.46 bits per heavy atom. The van der Waals surface area contributed by atoms with Gasteiger partial charge in [0.1, 0.15) is 0 Å². The first-order valence-corrected chi connectivity index (χ1v) is 10.6. The third-order valence-electron chi connectivity index (χ3n) is 4.06. The van der Waals surface area contributed by atoms with E-state index in [4.69, 9.17) is 14.6 Å². The molecule has 1 saturated heterocycles. The summed E-state index contributed by atoms with van der Waals surface area (Å²) in [5.74, 6) is 0. The molecule has 0 bridgehead atoms. The van der Waals surface area contributed by atoms with Crippen molar-refractivity contribution in [2.45, 2.75) is 38.4 Å². The van der Waals surface area contributed by atoms with E-state index in [2.05, 4.69) is 56.1 Å². The van der Waals surface area contributed by atoms with Gasteiger partial charge in [0, 0.05) is 22.2 Å². The second-order valence-corrected chi connectivity index (χ2v) is 7.97. The number of aliphatic hydroxyl groups is 1. The Bertz CT molecular complexity index is 608. The van der Waals surface area contributed by atoms with Crippen LogP contribution in [-0.2, 0) is 22.3 Å². The van der Waals surface area contributed by atoms with E-state index in [1.165, 1.54) is 24.0 Å². The molecule has 1 aliphatic rings. The van der Waals surface area contributed by atoms with Crippen LogP contribution in [0.5, 0.6) is 0 Å². The standard InChI is InChI=1S/C13H17BrO2.C8H9BrO/c14-12-6-4-11(5-7-12)8-10-16-13-3-1-2-9-15-13;9-8-3-1-7(2-4-8)5-6-10/h4-7,13H,1-3,8-10H2;1-4,10H,5-6H2. The van der Waals surface area contributed by atoms with Crippen LogP contribution in [0.4, 0.5) is 0 Å². The molecule has 26 heavy (non-hydrogen) atoms. The van der Waals surface area contributed by atoms with Crippen molar-refractivity contribution < 1.29 is 14.6 Å². The maximum atomic E-state index is 8.58. The lowest BCUT2D eigenvalue weighted by Gasteiger charge is -2.22. The SMILES string of the molecule is Brc1ccc(CCOC2CCCCO2)cc1.OCCc1ccc(Br)cc1. The lowest BCUT2D eigenvalue weighted by atomic mass is 10.2. The van der Waals surface area contributed by atoms with E-state index in [1.54, 1.807) is 0 Å². The van der Waals surface area contributed by atoms with Crippen molar-refractivity contribution in [1.82, 2.24) is 0 Å². The fraction of sp³-hybridized carbons (Fsp3) is 0.429. The highest BCUT2D eigenvalue weighted by molar-refractivity contribution is 9.10. The average Bonchev–Trinajstić information content (AvgIpc) is 2.67. The number of halogens is 2. The maximum absolute atomic E-state index is 8.58. The number of ether oxygens (including phenoxy) is 2. The van der Waals surface area contributed by atoms with Gasteiger partial charge in [-0.1, -0.05) is 56.1 Å². The van der Waals surface area contributed by atoms with Crippen molar-refractivity contribution in [3.63, 3.8) is 0 Å². The second-order valence-electron chi connectivity index (χ2n) is 6.14. The van der Waals surface area contributed by atoms with Crippen molar-refractivity contribution in [2.24, 2.45) is 0 Å². The number of hydrogen-bond acceptors (Lipinski definition) is 3. The predicted molar refractivity (Wildman–Crippen MR) is 112 cm³/mol. The van der Waals surface area contributed by atoms with Crippen LogP contribution in [0.15, 0.2) is 57.5 Å². The molecule has 0 radical (unpaired) electrons. The van der Waals surface area contributed by atoms with E-state index < -0.39 is 0 Å². The molecule has 2 aromatic carbocycles. The Hall–Kier alpha value is -0.720. The summed E-state index contributed by atoms with van der Waals surface area (Å²) in [4.78, 5) is 0. The largest absolute Gasteiger partial charge is 0.396 e. The first kappa shape index (κ1) is 21.6. The topological polar surface area (TPSA) is 38.7 Å². The molecule has 1 atom stereocenters. The van der Waals surface area contributed by atoms with Gasteiger partial charge in [-0.3, -0.25) is 0 Å². The molecule has 1 aliphatic heterocycles. The van der Waals surface area contributed by atoms with Gasteiger partial charge in [-0.2, -0.15) is 0 Å². The molecule has 1 unspecified atom stereocenters. The van der Waals surface area contributed by atoms with Gasteiger partial charge in [0.25, 0.3) is 0 Å². The van der Waals surface area contributed by atoms with Crippen LogP contribution in [0.1, 0.15) is 30.4 Å². The lowest BCUT2D eigenvalue weighted by molar-refractivity contribution is -0.161. The molecule has 0 saturated carbocycles. The summed E-state index contributed by atoms with van der Waals surface area (Å²) in [6.07, 6.45) is 5.17. The highest BCUT2D eigenvalue weighted by atomic mass is 79.9. The molecule has 0 aromatic heterocycles. The summed E-state index contributed by atoms with van der Waals surface area (Å²) in [6, 6.07) is 16.3. The summed E-state index contributed by atoms with van der Waals surface area (Å²) in [6.45, 7) is 1.82. The molecule has 5 heteroatoms. The number of hydrogen-bond donors (Lipinski definition) is 1. The van der Waals surface area contributed by atoms with Crippen molar-refractivity contribution in [2.75, 3.05) is 19.8 Å². The number of aliphatic hydroxyl groups excluding tert-OH is 1. The zero-order valence-electron chi connectivity index (χ0n) is 14.9. The van der Waals surface area contributed by atoms with Crippen molar-refractivity contribution in [1.29, 1.82) is 0 Å². The fourth-order valence-corrected chi connectivity index (χ4v) is 3.11. The Morgan fingerprint density at radius 3 is 1.96 bits per heavy atom. The van der Waals surface area contributed by atoms with E-state index >= 15 is 0 Å². The molecule has 0 spiro atoms. The highest BCUT2D eigenvalue weighted by Crippen LogP contribution is 2.15. The molecule has 2 aromatic rings. The average molecular weight is 486 g/mol. The van der Waals surface area contributed by atoms with Crippen LogP contribution in [0, 0.1) is 0 Å². The van der Waals surface area contributed by atoms with Gasteiger partial charge in [-0.05, 0) is 67.5 Å². The summed E-state index contributed by atoms with van der Waals surface area (Å²) in [5, 5.41) is 8.58. The molecular formula is C21H26Br2O3. The van der Waals surface area contributed by atoms with Crippen LogP contribution in [-0.4, -0.2) is 31.2 Å². The van der Waals surface area contributed by atoms with Crippen LogP contribution in [0.3, 0.4) is 0 Å². The quantitative estimate of drug-likeness (QED) is 0.585. The third kappa shape index (κ3) is 8.78. The van der Waals surface area contributed by atoms with Gasteiger partial charge >= 0.3 is 0 Å². The molecule has 0 amide bonds. The summed E-state index contributed by atoms with van der Waals surface area (Å²) in [7, 11) is 0. The molecule has 3 rings (SSSR count). The van der Waals surface area contributed by atoms with Gasteiger partial charge in [0.15, 0.2) is 6.29 Å². The minimum atomic E-state index is 0.0317. The maximum Gasteiger partial charge on any atom is 0.157 e. The Kier molecular flexibility index (Phi) is 10.5. The van der Waals surface area contributed by atoms with Crippen molar-refractivity contribution in [3.05, 3.63) is 68.6 Å². The lowest BCUT2D eigenvalue weighted by Crippen LogP contribution is -2.23. The molecule has 1 heterocycles. The minimum absolute atomic E-state index is 0.0317. The van der Waals surface area contributed by atoms with Crippen LogP contribution in [0.25, 0.3) is 0 Å². The molecular weight excluding hydrogens is 460 g/mol. The summed E-state index contributed by atoms with van der Waals surface area (Å²) in [5.41, 5.74) is 2.48. The molecule has 142 valence electrons. The number of rotatable bonds is 6. The zero-order chi connectivity index (χ0) is 18.6. The van der Waals surface area contributed by atoms with Crippen molar-refractivity contribution >= 4 is 31.9 Å². The smallest absolute Gasteiger partial charge is 0.157 e. The monoisotopic (exact) mass is 484 g/mol. The molecule has 3 nitrogen and oxygen atoms in total. The van der Waals surface area contributed by atoms with Crippen molar-refractivity contribution in [3.8, 4) is 0 Å². The third-order valence-corrected chi connectivity index (χ3v) is 5.12. The predicted octanol–water partition coefficient (Wildman–Crippen LogP) is 5.52. The first-order valence-electron chi connectivity index (χ1n) is 9.00. The first-order chi connectivity index (χ1) is 12.7. The Labute approximate surface area is 173 Å². The van der Waals surface area contributed by atoms with Crippen LogP contribution >= 0.6 is 31.9 Å². The van der Waals surface area contributed by atoms with Gasteiger partial charge in [0.2, 0.25) is 0 Å².